The van der Waals surface area contributed by atoms with Crippen LogP contribution >= 0.6 is 11.6 Å². The molecule has 4 aromatic rings. The highest BCUT2D eigenvalue weighted by molar-refractivity contribution is 7.92. The number of hydrogen-bond acceptors (Lipinski definition) is 5. The first-order chi connectivity index (χ1) is 22.0. The van der Waals surface area contributed by atoms with Crippen molar-refractivity contribution in [2.75, 3.05) is 17.5 Å². The predicted molar refractivity (Wildman–Crippen MR) is 183 cm³/mol. The van der Waals surface area contributed by atoms with E-state index in [-0.39, 0.29) is 35.5 Å². The molecule has 0 heterocycles. The summed E-state index contributed by atoms with van der Waals surface area (Å²) in [7, 11) is -4.26. The molecular weight excluding hydrogens is 622 g/mol. The molecule has 0 aliphatic rings. The Morgan fingerprint density at radius 2 is 1.52 bits per heavy atom. The van der Waals surface area contributed by atoms with E-state index in [4.69, 9.17) is 16.3 Å². The van der Waals surface area contributed by atoms with Crippen LogP contribution in [0.15, 0.2) is 108 Å². The average Bonchev–Trinajstić information content (AvgIpc) is 3.02. The Morgan fingerprint density at radius 3 is 2.17 bits per heavy atom. The smallest absolute Gasteiger partial charge is 0.264 e. The molecule has 0 aromatic heterocycles. The summed E-state index contributed by atoms with van der Waals surface area (Å²) in [5.74, 6) is -0.605. The molecule has 0 aliphatic carbocycles. The molecule has 2 amide bonds. The van der Waals surface area contributed by atoms with E-state index in [1.54, 1.807) is 61.5 Å². The molecule has 242 valence electrons. The zero-order valence-corrected chi connectivity index (χ0v) is 28.1. The lowest BCUT2D eigenvalue weighted by Gasteiger charge is -2.34. The molecule has 1 N–H and O–H groups in total. The first-order valence-corrected chi connectivity index (χ1v) is 17.0. The van der Waals surface area contributed by atoms with Crippen LogP contribution in [0.1, 0.15) is 37.5 Å². The van der Waals surface area contributed by atoms with Crippen molar-refractivity contribution in [3.8, 4) is 5.75 Å². The second-order valence-electron chi connectivity index (χ2n) is 11.2. The Bertz CT molecular complexity index is 1730. The Kier molecular flexibility index (Phi) is 11.8. The maximum Gasteiger partial charge on any atom is 0.264 e. The van der Waals surface area contributed by atoms with Gasteiger partial charge in [0.2, 0.25) is 11.8 Å². The van der Waals surface area contributed by atoms with Crippen LogP contribution in [0.2, 0.25) is 5.02 Å². The number of aryl methyl sites for hydroxylation is 1. The first kappa shape index (κ1) is 34.5. The second-order valence-corrected chi connectivity index (χ2v) is 13.5. The van der Waals surface area contributed by atoms with Gasteiger partial charge in [-0.1, -0.05) is 83.9 Å². The van der Waals surface area contributed by atoms with Crippen molar-refractivity contribution >= 4 is 39.1 Å². The van der Waals surface area contributed by atoms with Crippen molar-refractivity contribution in [2.45, 2.75) is 57.6 Å². The molecule has 0 saturated heterocycles. The molecule has 8 nitrogen and oxygen atoms in total. The lowest BCUT2D eigenvalue weighted by Crippen LogP contribution is -2.54. The zero-order chi connectivity index (χ0) is 33.3. The van der Waals surface area contributed by atoms with E-state index in [9.17, 15) is 18.0 Å². The second kappa shape index (κ2) is 15.8. The van der Waals surface area contributed by atoms with E-state index in [0.29, 0.717) is 22.9 Å². The number of halogens is 1. The Balaban J connectivity index is 1.84. The lowest BCUT2D eigenvalue weighted by molar-refractivity contribution is -0.140. The highest BCUT2D eigenvalue weighted by Crippen LogP contribution is 2.33. The van der Waals surface area contributed by atoms with Gasteiger partial charge >= 0.3 is 0 Å². The molecule has 0 radical (unpaired) electrons. The lowest BCUT2D eigenvalue weighted by atomic mass is 10.0. The van der Waals surface area contributed by atoms with Crippen molar-refractivity contribution in [1.29, 1.82) is 0 Å². The summed E-state index contributed by atoms with van der Waals surface area (Å²) >= 11 is 6.31. The fourth-order valence-corrected chi connectivity index (χ4v) is 6.70. The van der Waals surface area contributed by atoms with Crippen LogP contribution in [-0.2, 0) is 32.6 Å². The number of anilines is 1. The van der Waals surface area contributed by atoms with Gasteiger partial charge in [0.05, 0.1) is 17.2 Å². The van der Waals surface area contributed by atoms with E-state index in [1.807, 2.05) is 57.2 Å². The van der Waals surface area contributed by atoms with Gasteiger partial charge in [0.25, 0.3) is 10.0 Å². The zero-order valence-electron chi connectivity index (χ0n) is 26.5. The molecule has 4 aromatic carbocycles. The molecular formula is C36H40ClN3O5S. The van der Waals surface area contributed by atoms with Gasteiger partial charge in [-0.2, -0.15) is 0 Å². The summed E-state index contributed by atoms with van der Waals surface area (Å²) in [5, 5.41) is 3.43. The summed E-state index contributed by atoms with van der Waals surface area (Å²) < 4.78 is 35.5. The van der Waals surface area contributed by atoms with Crippen molar-refractivity contribution < 1.29 is 22.7 Å². The third-order valence-electron chi connectivity index (χ3n) is 7.27. The molecule has 0 fully saturated rings. The summed E-state index contributed by atoms with van der Waals surface area (Å²) in [6.45, 7) is 7.09. The van der Waals surface area contributed by atoms with E-state index in [2.05, 4.69) is 5.32 Å². The standard InChI is InChI=1S/C36H40ClN3O5S/c1-5-45-34-17-10-9-16-32(34)40(46(43,44)31-20-18-27(4)19-21-31)25-35(41)39(24-29-14-11-15-30(37)22-29)33(36(42)38-26(2)3)23-28-12-7-6-8-13-28/h6-22,26,33H,5,23-25H2,1-4H3,(H,38,42). The third kappa shape index (κ3) is 8.89. The van der Waals surface area contributed by atoms with Gasteiger partial charge in [0.15, 0.2) is 0 Å². The number of hydrogen-bond donors (Lipinski definition) is 1. The van der Waals surface area contributed by atoms with Gasteiger partial charge < -0.3 is 15.0 Å². The minimum absolute atomic E-state index is 0.0218. The van der Waals surface area contributed by atoms with Gasteiger partial charge in [-0.3, -0.25) is 13.9 Å². The quantitative estimate of drug-likeness (QED) is 0.169. The summed E-state index contributed by atoms with van der Waals surface area (Å²) in [6.07, 6.45) is 0.214. The third-order valence-corrected chi connectivity index (χ3v) is 9.27. The van der Waals surface area contributed by atoms with Crippen LogP contribution in [0.25, 0.3) is 0 Å². The van der Waals surface area contributed by atoms with Crippen molar-refractivity contribution in [3.05, 3.63) is 125 Å². The summed E-state index contributed by atoms with van der Waals surface area (Å²) in [5.41, 5.74) is 2.65. The van der Waals surface area contributed by atoms with Gasteiger partial charge in [-0.05, 0) is 75.2 Å². The molecule has 10 heteroatoms. The topological polar surface area (TPSA) is 96.0 Å². The number of carbonyl (C=O) groups is 2. The van der Waals surface area contributed by atoms with Crippen LogP contribution in [-0.4, -0.2) is 50.4 Å². The summed E-state index contributed by atoms with van der Waals surface area (Å²) in [4.78, 5) is 29.9. The molecule has 0 saturated carbocycles. The fraction of sp³-hybridized carbons (Fsp3) is 0.278. The Morgan fingerprint density at radius 1 is 0.870 bits per heavy atom. The predicted octanol–water partition coefficient (Wildman–Crippen LogP) is 6.41. The average molecular weight is 662 g/mol. The largest absolute Gasteiger partial charge is 0.492 e. The molecule has 1 unspecified atom stereocenters. The van der Waals surface area contributed by atoms with Crippen LogP contribution in [0.5, 0.6) is 5.75 Å². The van der Waals surface area contributed by atoms with Crippen LogP contribution in [0, 0.1) is 6.92 Å². The Hall–Kier alpha value is -4.34. The number of benzene rings is 4. The fourth-order valence-electron chi connectivity index (χ4n) is 5.06. The highest BCUT2D eigenvalue weighted by Gasteiger charge is 2.35. The normalized spacial score (nSPS) is 12.0. The van der Waals surface area contributed by atoms with Crippen LogP contribution in [0.3, 0.4) is 0 Å². The molecule has 1 atom stereocenters. The van der Waals surface area contributed by atoms with Crippen LogP contribution in [0.4, 0.5) is 5.69 Å². The molecule has 4 rings (SSSR count). The maximum absolute atomic E-state index is 14.6. The maximum atomic E-state index is 14.6. The number of carbonyl (C=O) groups excluding carboxylic acids is 2. The summed E-state index contributed by atoms with van der Waals surface area (Å²) in [6, 6.07) is 28.5. The number of nitrogens with zero attached hydrogens (tertiary/aromatic N) is 2. The van der Waals surface area contributed by atoms with E-state index in [0.717, 1.165) is 15.4 Å². The monoisotopic (exact) mass is 661 g/mol. The van der Waals surface area contributed by atoms with Crippen LogP contribution < -0.4 is 14.4 Å². The molecule has 0 spiro atoms. The van der Waals surface area contributed by atoms with E-state index < -0.39 is 28.5 Å². The van der Waals surface area contributed by atoms with Crippen molar-refractivity contribution in [1.82, 2.24) is 10.2 Å². The van der Waals surface area contributed by atoms with Gasteiger partial charge in [-0.25, -0.2) is 8.42 Å². The highest BCUT2D eigenvalue weighted by atomic mass is 35.5. The minimum Gasteiger partial charge on any atom is -0.492 e. The minimum atomic E-state index is -4.26. The van der Waals surface area contributed by atoms with Crippen molar-refractivity contribution in [3.63, 3.8) is 0 Å². The molecule has 0 aliphatic heterocycles. The molecule has 46 heavy (non-hydrogen) atoms. The number of sulfonamides is 1. The first-order valence-electron chi connectivity index (χ1n) is 15.2. The van der Waals surface area contributed by atoms with Crippen molar-refractivity contribution in [2.24, 2.45) is 0 Å². The number of nitrogens with one attached hydrogen (secondary N) is 1. The van der Waals surface area contributed by atoms with E-state index in [1.165, 1.54) is 17.0 Å². The SMILES string of the molecule is CCOc1ccccc1N(CC(=O)N(Cc1cccc(Cl)c1)C(Cc1ccccc1)C(=O)NC(C)C)S(=O)(=O)c1ccc(C)cc1. The number of ether oxygens (including phenoxy) is 1. The Labute approximate surface area is 277 Å². The number of para-hydroxylation sites is 2. The van der Waals surface area contributed by atoms with Gasteiger partial charge in [0, 0.05) is 24.0 Å². The molecule has 0 bridgehead atoms. The number of amides is 2. The van der Waals surface area contributed by atoms with Gasteiger partial charge in [0.1, 0.15) is 18.3 Å². The van der Waals surface area contributed by atoms with E-state index >= 15 is 0 Å². The number of rotatable bonds is 14. The van der Waals surface area contributed by atoms with Gasteiger partial charge in [-0.15, -0.1) is 0 Å².